The number of nitrogens with one attached hydrogen (secondary N) is 1. The van der Waals surface area contributed by atoms with Crippen LogP contribution in [-0.2, 0) is 6.54 Å². The summed E-state index contributed by atoms with van der Waals surface area (Å²) in [6.45, 7) is 8.14. The molecule has 0 radical (unpaired) electrons. The van der Waals surface area contributed by atoms with Gasteiger partial charge in [-0.1, -0.05) is 37.3 Å². The number of benzene rings is 1. The molecule has 3 heteroatoms. The summed E-state index contributed by atoms with van der Waals surface area (Å²) in [5.74, 6) is 2.53. The molecular weight excluding hydrogens is 276 g/mol. The lowest BCUT2D eigenvalue weighted by Crippen LogP contribution is -2.45. The highest BCUT2D eigenvalue weighted by atomic mass is 32.2. The molecule has 2 nitrogen and oxygen atoms in total. The highest BCUT2D eigenvalue weighted by Crippen LogP contribution is 2.15. The molecule has 21 heavy (non-hydrogen) atoms. The molecule has 1 heterocycles. The molecule has 1 N–H and O–H groups in total. The van der Waals surface area contributed by atoms with Crippen LogP contribution in [0.25, 0.3) is 0 Å². The third-order valence-electron chi connectivity index (χ3n) is 4.26. The second-order valence-corrected chi connectivity index (χ2v) is 7.48. The van der Waals surface area contributed by atoms with Crippen molar-refractivity contribution in [1.29, 1.82) is 0 Å². The van der Waals surface area contributed by atoms with E-state index < -0.39 is 0 Å². The maximum absolute atomic E-state index is 3.82. The monoisotopic (exact) mass is 306 g/mol. The Morgan fingerprint density at radius 2 is 1.95 bits per heavy atom. The van der Waals surface area contributed by atoms with Crippen molar-refractivity contribution >= 4 is 11.8 Å². The molecule has 0 aliphatic carbocycles. The Labute approximate surface area is 134 Å². The van der Waals surface area contributed by atoms with Gasteiger partial charge in [0.2, 0.25) is 0 Å². The van der Waals surface area contributed by atoms with Crippen molar-refractivity contribution in [2.45, 2.75) is 51.7 Å². The predicted octanol–water partition coefficient (Wildman–Crippen LogP) is 3.77. The summed E-state index contributed by atoms with van der Waals surface area (Å²) in [5.41, 5.74) is 1.44. The van der Waals surface area contributed by atoms with Gasteiger partial charge in [0.05, 0.1) is 0 Å². The van der Waals surface area contributed by atoms with Gasteiger partial charge in [-0.05, 0) is 56.3 Å². The van der Waals surface area contributed by atoms with E-state index in [1.165, 1.54) is 49.4 Å². The maximum atomic E-state index is 3.82. The van der Waals surface area contributed by atoms with Gasteiger partial charge in [0.25, 0.3) is 0 Å². The Balaban J connectivity index is 1.64. The number of thioether (sulfide) groups is 1. The average molecular weight is 307 g/mol. The third-order valence-corrected chi connectivity index (χ3v) is 5.19. The van der Waals surface area contributed by atoms with Crippen molar-refractivity contribution < 1.29 is 0 Å². The molecule has 0 saturated carbocycles. The molecule has 0 amide bonds. The number of likely N-dealkylation sites (tertiary alicyclic amines) is 1. The van der Waals surface area contributed by atoms with Gasteiger partial charge in [0, 0.05) is 18.6 Å². The topological polar surface area (TPSA) is 15.3 Å². The Bertz CT molecular complexity index is 374. The van der Waals surface area contributed by atoms with Crippen LogP contribution in [0.15, 0.2) is 30.3 Å². The van der Waals surface area contributed by atoms with Crippen molar-refractivity contribution in [3.05, 3.63) is 35.9 Å². The van der Waals surface area contributed by atoms with Crippen LogP contribution < -0.4 is 5.32 Å². The zero-order chi connectivity index (χ0) is 14.9. The van der Waals surface area contributed by atoms with Crippen LogP contribution in [0, 0.1) is 0 Å². The second-order valence-electron chi connectivity index (χ2n) is 6.09. The van der Waals surface area contributed by atoms with Gasteiger partial charge in [-0.2, -0.15) is 11.8 Å². The van der Waals surface area contributed by atoms with E-state index in [1.54, 1.807) is 0 Å². The van der Waals surface area contributed by atoms with Crippen molar-refractivity contribution in [3.63, 3.8) is 0 Å². The standard InChI is InChI=1S/C18H30N2S/c1-3-21-14-11-16(2)19-18-9-12-20(13-10-18)15-17-7-5-4-6-8-17/h4-8,16,18-19H,3,9-15H2,1-2H3. The summed E-state index contributed by atoms with van der Waals surface area (Å²) in [6, 6.07) is 12.2. The van der Waals surface area contributed by atoms with Crippen molar-refractivity contribution in [2.75, 3.05) is 24.6 Å². The van der Waals surface area contributed by atoms with E-state index in [9.17, 15) is 0 Å². The summed E-state index contributed by atoms with van der Waals surface area (Å²) in [6.07, 6.45) is 3.87. The summed E-state index contributed by atoms with van der Waals surface area (Å²) in [4.78, 5) is 2.59. The van der Waals surface area contributed by atoms with Crippen LogP contribution in [0.4, 0.5) is 0 Å². The van der Waals surface area contributed by atoms with Crippen LogP contribution in [0.1, 0.15) is 38.7 Å². The summed E-state index contributed by atoms with van der Waals surface area (Å²) >= 11 is 2.05. The molecule has 0 bridgehead atoms. The van der Waals surface area contributed by atoms with Crippen LogP contribution in [0.5, 0.6) is 0 Å². The fraction of sp³-hybridized carbons (Fsp3) is 0.667. The van der Waals surface area contributed by atoms with Gasteiger partial charge in [-0.25, -0.2) is 0 Å². The number of rotatable bonds is 8. The first-order valence-electron chi connectivity index (χ1n) is 8.38. The highest BCUT2D eigenvalue weighted by molar-refractivity contribution is 7.99. The summed E-state index contributed by atoms with van der Waals surface area (Å²) in [7, 11) is 0. The molecule has 1 atom stereocenters. The SMILES string of the molecule is CCSCCC(C)NC1CCN(Cc2ccccc2)CC1. The molecule has 1 unspecified atom stereocenters. The molecule has 1 fully saturated rings. The van der Waals surface area contributed by atoms with Gasteiger partial charge in [-0.15, -0.1) is 0 Å². The molecular formula is C18H30N2S. The number of nitrogens with zero attached hydrogens (tertiary/aromatic N) is 1. The molecule has 2 rings (SSSR count). The quantitative estimate of drug-likeness (QED) is 0.736. The first kappa shape index (κ1) is 16.9. The van der Waals surface area contributed by atoms with Gasteiger partial charge in [-0.3, -0.25) is 4.90 Å². The van der Waals surface area contributed by atoms with Crippen LogP contribution in [0.3, 0.4) is 0 Å². The minimum absolute atomic E-state index is 0.662. The summed E-state index contributed by atoms with van der Waals surface area (Å²) in [5, 5.41) is 3.82. The van der Waals surface area contributed by atoms with E-state index >= 15 is 0 Å². The lowest BCUT2D eigenvalue weighted by Gasteiger charge is -2.34. The lowest BCUT2D eigenvalue weighted by molar-refractivity contribution is 0.185. The zero-order valence-corrected chi connectivity index (χ0v) is 14.4. The second kappa shape index (κ2) is 9.50. The molecule has 1 aromatic rings. The molecule has 0 aromatic heterocycles. The smallest absolute Gasteiger partial charge is 0.0233 e. The van der Waals surface area contributed by atoms with E-state index in [0.717, 1.165) is 12.6 Å². The molecule has 0 spiro atoms. The molecule has 1 saturated heterocycles. The Morgan fingerprint density at radius 3 is 2.62 bits per heavy atom. The molecule has 118 valence electrons. The van der Waals surface area contributed by atoms with E-state index in [4.69, 9.17) is 0 Å². The first-order valence-corrected chi connectivity index (χ1v) is 9.53. The van der Waals surface area contributed by atoms with E-state index in [1.807, 2.05) is 0 Å². The molecule has 1 aromatic carbocycles. The van der Waals surface area contributed by atoms with E-state index in [2.05, 4.69) is 66.2 Å². The lowest BCUT2D eigenvalue weighted by atomic mass is 10.0. The van der Waals surface area contributed by atoms with Gasteiger partial charge < -0.3 is 5.32 Å². The fourth-order valence-corrected chi connectivity index (χ4v) is 3.80. The van der Waals surface area contributed by atoms with Crippen molar-refractivity contribution in [1.82, 2.24) is 10.2 Å². The number of hydrogen-bond donors (Lipinski definition) is 1. The Morgan fingerprint density at radius 1 is 1.24 bits per heavy atom. The fourth-order valence-electron chi connectivity index (χ4n) is 2.99. The van der Waals surface area contributed by atoms with Crippen molar-refractivity contribution in [2.24, 2.45) is 0 Å². The minimum atomic E-state index is 0.662. The van der Waals surface area contributed by atoms with Crippen LogP contribution >= 0.6 is 11.8 Å². The largest absolute Gasteiger partial charge is 0.311 e. The highest BCUT2D eigenvalue weighted by Gasteiger charge is 2.20. The normalized spacial score (nSPS) is 18.8. The van der Waals surface area contributed by atoms with Gasteiger partial charge in [0.1, 0.15) is 0 Å². The summed E-state index contributed by atoms with van der Waals surface area (Å²) < 4.78 is 0. The zero-order valence-electron chi connectivity index (χ0n) is 13.6. The molecule has 1 aliphatic rings. The van der Waals surface area contributed by atoms with E-state index in [-0.39, 0.29) is 0 Å². The third kappa shape index (κ3) is 6.41. The average Bonchev–Trinajstić information content (AvgIpc) is 2.51. The van der Waals surface area contributed by atoms with Crippen LogP contribution in [0.2, 0.25) is 0 Å². The predicted molar refractivity (Wildman–Crippen MR) is 95.0 cm³/mol. The van der Waals surface area contributed by atoms with Gasteiger partial charge >= 0.3 is 0 Å². The first-order chi connectivity index (χ1) is 10.3. The Hall–Kier alpha value is -0.510. The maximum Gasteiger partial charge on any atom is 0.0233 e. The minimum Gasteiger partial charge on any atom is -0.311 e. The van der Waals surface area contributed by atoms with E-state index in [0.29, 0.717) is 6.04 Å². The molecule has 1 aliphatic heterocycles. The van der Waals surface area contributed by atoms with Crippen LogP contribution in [-0.4, -0.2) is 41.6 Å². The number of piperidine rings is 1. The Kier molecular flexibility index (Phi) is 7.62. The van der Waals surface area contributed by atoms with Gasteiger partial charge in [0.15, 0.2) is 0 Å². The number of hydrogen-bond acceptors (Lipinski definition) is 3. The van der Waals surface area contributed by atoms with Crippen molar-refractivity contribution in [3.8, 4) is 0 Å².